The van der Waals surface area contributed by atoms with E-state index in [0.29, 0.717) is 17.5 Å². The summed E-state index contributed by atoms with van der Waals surface area (Å²) >= 11 is 6.23. The molecule has 1 amide bonds. The van der Waals surface area contributed by atoms with Crippen LogP contribution in [0, 0.1) is 5.82 Å². The fraction of sp³-hybridized carbons (Fsp3) is 0.370. The van der Waals surface area contributed by atoms with Crippen LogP contribution in [0.2, 0.25) is 5.02 Å². The van der Waals surface area contributed by atoms with Crippen LogP contribution >= 0.6 is 11.6 Å². The van der Waals surface area contributed by atoms with Crippen LogP contribution in [-0.4, -0.2) is 26.9 Å². The Morgan fingerprint density at radius 1 is 1.21 bits per heavy atom. The van der Waals surface area contributed by atoms with Crippen LogP contribution in [0.15, 0.2) is 53.0 Å². The van der Waals surface area contributed by atoms with Crippen LogP contribution in [0.3, 0.4) is 0 Å². The molecule has 12 heteroatoms. The van der Waals surface area contributed by atoms with Crippen molar-refractivity contribution in [2.75, 3.05) is 0 Å². The Balaban J connectivity index is 1.71. The van der Waals surface area contributed by atoms with Gasteiger partial charge in [0.15, 0.2) is 11.5 Å². The number of halogens is 6. The van der Waals surface area contributed by atoms with E-state index in [1.54, 1.807) is 0 Å². The van der Waals surface area contributed by atoms with E-state index in [1.165, 1.54) is 31.2 Å². The highest BCUT2D eigenvalue weighted by Gasteiger charge is 2.47. The second-order valence-corrected chi connectivity index (χ2v) is 10.3. The van der Waals surface area contributed by atoms with Gasteiger partial charge in [0.1, 0.15) is 28.4 Å². The van der Waals surface area contributed by atoms with E-state index in [4.69, 9.17) is 16.1 Å². The first-order valence-electron chi connectivity index (χ1n) is 12.5. The van der Waals surface area contributed by atoms with Crippen LogP contribution in [-0.2, 0) is 11.7 Å². The van der Waals surface area contributed by atoms with Gasteiger partial charge in [0, 0.05) is 6.04 Å². The molecule has 1 saturated carbocycles. The standard InChI is InChI=1S/C27H24ClF5N4O2/c1-26(13-6-5-12-19(26)30)37-24(27(31,32)33)16(14-34-37)23-21(25(38)35-15-8-3-2-4-9-15)22(36-39-23)20-17(28)10-7-11-18(20)29/h5-7,10-12,14-15H,2-4,8-9,13H2,1H3,(H,35,38). The van der Waals surface area contributed by atoms with Crippen LogP contribution in [0.4, 0.5) is 22.0 Å². The number of carbonyl (C=O) groups excluding carboxylic acids is 1. The third-order valence-electron chi connectivity index (χ3n) is 7.22. The third-order valence-corrected chi connectivity index (χ3v) is 7.53. The number of amides is 1. The van der Waals surface area contributed by atoms with E-state index in [1.807, 2.05) is 0 Å². The van der Waals surface area contributed by atoms with Gasteiger partial charge in [-0.1, -0.05) is 54.2 Å². The van der Waals surface area contributed by atoms with Crippen molar-refractivity contribution in [2.24, 2.45) is 0 Å². The first kappa shape index (κ1) is 27.1. The molecule has 2 aliphatic rings. The van der Waals surface area contributed by atoms with Crippen LogP contribution in [0.1, 0.15) is 61.5 Å². The Hall–Kier alpha value is -3.47. The molecule has 0 saturated heterocycles. The second kappa shape index (κ2) is 10.3. The minimum absolute atomic E-state index is 0.0962. The van der Waals surface area contributed by atoms with Gasteiger partial charge in [0.05, 0.1) is 22.3 Å². The molecule has 2 heterocycles. The van der Waals surface area contributed by atoms with E-state index in [-0.39, 0.29) is 28.7 Å². The first-order valence-corrected chi connectivity index (χ1v) is 12.8. The molecular formula is C27H24ClF5N4O2. The summed E-state index contributed by atoms with van der Waals surface area (Å²) in [5.74, 6) is -3.02. The smallest absolute Gasteiger partial charge is 0.355 e. The maximum Gasteiger partial charge on any atom is 0.433 e. The minimum Gasteiger partial charge on any atom is -0.355 e. The molecule has 206 valence electrons. The normalized spacial score (nSPS) is 20.2. The number of allylic oxidation sites excluding steroid dienone is 4. The summed E-state index contributed by atoms with van der Waals surface area (Å²) < 4.78 is 79.4. The van der Waals surface area contributed by atoms with Crippen molar-refractivity contribution in [3.63, 3.8) is 0 Å². The Labute approximate surface area is 225 Å². The largest absolute Gasteiger partial charge is 0.433 e. The summed E-state index contributed by atoms with van der Waals surface area (Å²) in [6, 6.07) is 3.57. The molecule has 1 atom stereocenters. The highest BCUT2D eigenvalue weighted by molar-refractivity contribution is 6.33. The van der Waals surface area contributed by atoms with Gasteiger partial charge >= 0.3 is 6.18 Å². The Kier molecular flexibility index (Phi) is 7.13. The molecule has 1 aromatic carbocycles. The summed E-state index contributed by atoms with van der Waals surface area (Å²) in [4.78, 5) is 13.6. The van der Waals surface area contributed by atoms with Gasteiger partial charge in [-0.25, -0.2) is 13.5 Å². The van der Waals surface area contributed by atoms with Gasteiger partial charge in [0.2, 0.25) is 0 Å². The number of alkyl halides is 3. The van der Waals surface area contributed by atoms with Crippen molar-refractivity contribution >= 4 is 17.5 Å². The summed E-state index contributed by atoms with van der Waals surface area (Å²) in [5, 5.41) is 10.4. The molecule has 0 bridgehead atoms. The predicted molar refractivity (Wildman–Crippen MR) is 134 cm³/mol. The SMILES string of the molecule is CC1(n2ncc(-c3onc(-c4c(F)cccc4Cl)c3C(=O)NC3CCCCC3)c2C(F)(F)F)CC=CC=C1F. The van der Waals surface area contributed by atoms with Gasteiger partial charge in [-0.3, -0.25) is 4.79 Å². The summed E-state index contributed by atoms with van der Waals surface area (Å²) in [5.41, 5.74) is -4.80. The zero-order chi connectivity index (χ0) is 27.9. The van der Waals surface area contributed by atoms with Gasteiger partial charge in [-0.05, 0) is 44.4 Å². The van der Waals surface area contributed by atoms with Crippen molar-refractivity contribution in [1.29, 1.82) is 0 Å². The lowest BCUT2D eigenvalue weighted by Crippen LogP contribution is -2.37. The van der Waals surface area contributed by atoms with Gasteiger partial charge < -0.3 is 9.84 Å². The van der Waals surface area contributed by atoms with Crippen LogP contribution in [0.5, 0.6) is 0 Å². The molecule has 2 aromatic heterocycles. The zero-order valence-electron chi connectivity index (χ0n) is 20.8. The number of nitrogens with one attached hydrogen (secondary N) is 1. The van der Waals surface area contributed by atoms with Crippen molar-refractivity contribution in [3.8, 4) is 22.6 Å². The number of nitrogens with zero attached hydrogens (tertiary/aromatic N) is 3. The van der Waals surface area contributed by atoms with Gasteiger partial charge in [-0.15, -0.1) is 0 Å². The molecule has 0 aliphatic heterocycles. The van der Waals surface area contributed by atoms with E-state index < -0.39 is 51.8 Å². The molecule has 1 fully saturated rings. The molecule has 39 heavy (non-hydrogen) atoms. The molecule has 1 N–H and O–H groups in total. The average molecular weight is 567 g/mol. The molecule has 3 aromatic rings. The minimum atomic E-state index is -5.03. The summed E-state index contributed by atoms with van der Waals surface area (Å²) in [6.07, 6.45) is 3.87. The van der Waals surface area contributed by atoms with E-state index >= 15 is 0 Å². The summed E-state index contributed by atoms with van der Waals surface area (Å²) in [7, 11) is 0. The van der Waals surface area contributed by atoms with Crippen molar-refractivity contribution in [1.82, 2.24) is 20.3 Å². The van der Waals surface area contributed by atoms with Gasteiger partial charge in [0.25, 0.3) is 5.91 Å². The van der Waals surface area contributed by atoms with Crippen LogP contribution in [0.25, 0.3) is 22.6 Å². The molecule has 2 aliphatic carbocycles. The maximum absolute atomic E-state index is 14.9. The molecular weight excluding hydrogens is 543 g/mol. The van der Waals surface area contributed by atoms with Crippen molar-refractivity contribution in [2.45, 2.75) is 63.2 Å². The Bertz CT molecular complexity index is 1450. The van der Waals surface area contributed by atoms with E-state index in [0.717, 1.165) is 37.6 Å². The number of rotatable bonds is 5. The first-order chi connectivity index (χ1) is 18.5. The Morgan fingerprint density at radius 2 is 1.95 bits per heavy atom. The lowest BCUT2D eigenvalue weighted by atomic mass is 9.91. The fourth-order valence-corrected chi connectivity index (χ4v) is 5.41. The number of hydrogen-bond acceptors (Lipinski definition) is 4. The third kappa shape index (κ3) is 4.88. The molecule has 0 spiro atoms. The molecule has 6 nitrogen and oxygen atoms in total. The van der Waals surface area contributed by atoms with Crippen LogP contribution < -0.4 is 5.32 Å². The highest BCUT2D eigenvalue weighted by atomic mass is 35.5. The number of hydrogen-bond donors (Lipinski definition) is 1. The lowest BCUT2D eigenvalue weighted by Gasteiger charge is -2.31. The predicted octanol–water partition coefficient (Wildman–Crippen LogP) is 7.61. The van der Waals surface area contributed by atoms with E-state index in [2.05, 4.69) is 15.6 Å². The topological polar surface area (TPSA) is 73.0 Å². The number of aromatic nitrogens is 3. The average Bonchev–Trinajstić information content (AvgIpc) is 3.52. The highest BCUT2D eigenvalue weighted by Crippen LogP contribution is 2.46. The molecule has 1 unspecified atom stereocenters. The zero-order valence-corrected chi connectivity index (χ0v) is 21.5. The number of carbonyl (C=O) groups is 1. The summed E-state index contributed by atoms with van der Waals surface area (Å²) in [6.45, 7) is 1.29. The maximum atomic E-state index is 14.9. The quantitative estimate of drug-likeness (QED) is 0.323. The van der Waals surface area contributed by atoms with Crippen molar-refractivity contribution < 1.29 is 31.3 Å². The second-order valence-electron chi connectivity index (χ2n) is 9.88. The van der Waals surface area contributed by atoms with E-state index in [9.17, 15) is 26.7 Å². The number of benzene rings is 1. The Morgan fingerprint density at radius 3 is 2.62 bits per heavy atom. The molecule has 0 radical (unpaired) electrons. The monoisotopic (exact) mass is 566 g/mol. The van der Waals surface area contributed by atoms with Crippen molar-refractivity contribution in [3.05, 3.63) is 70.5 Å². The fourth-order valence-electron chi connectivity index (χ4n) is 5.16. The lowest BCUT2D eigenvalue weighted by molar-refractivity contribution is -0.145. The molecule has 5 rings (SSSR count). The van der Waals surface area contributed by atoms with Gasteiger partial charge in [-0.2, -0.15) is 18.3 Å².